The second-order valence-electron chi connectivity index (χ2n) is 6.76. The minimum Gasteiger partial charge on any atom is -0.469 e. The van der Waals surface area contributed by atoms with Crippen LogP contribution in [0.5, 0.6) is 0 Å². The van der Waals surface area contributed by atoms with Crippen LogP contribution in [0.3, 0.4) is 0 Å². The van der Waals surface area contributed by atoms with Crippen molar-refractivity contribution in [3.8, 4) is 0 Å². The second kappa shape index (κ2) is 12.6. The van der Waals surface area contributed by atoms with Crippen molar-refractivity contribution in [1.29, 1.82) is 0 Å². The zero-order valence-corrected chi connectivity index (χ0v) is 18.1. The lowest BCUT2D eigenvalue weighted by Gasteiger charge is -2.26. The quantitative estimate of drug-likeness (QED) is 0.347. The van der Waals surface area contributed by atoms with Gasteiger partial charge in [0, 0.05) is 5.92 Å². The summed E-state index contributed by atoms with van der Waals surface area (Å²) in [6.45, 7) is 1.68. The first kappa shape index (κ1) is 25.1. The number of benzene rings is 1. The van der Waals surface area contributed by atoms with E-state index in [1.165, 1.54) is 14.2 Å². The highest BCUT2D eigenvalue weighted by atomic mass is 32.2. The minimum atomic E-state index is -3.74. The predicted octanol–water partition coefficient (Wildman–Crippen LogP) is 2.43. The van der Waals surface area contributed by atoms with Crippen molar-refractivity contribution in [2.24, 2.45) is 0 Å². The third kappa shape index (κ3) is 10.4. The lowest BCUT2D eigenvalue weighted by molar-refractivity contribution is -0.147. The highest BCUT2D eigenvalue weighted by molar-refractivity contribution is 7.86. The summed E-state index contributed by atoms with van der Waals surface area (Å²) in [5.74, 6) is -1.39. The van der Waals surface area contributed by atoms with Gasteiger partial charge in [-0.15, -0.1) is 0 Å². The van der Waals surface area contributed by atoms with Gasteiger partial charge in [-0.05, 0) is 31.7 Å². The Bertz CT molecular complexity index is 732. The zero-order valence-electron chi connectivity index (χ0n) is 17.3. The van der Waals surface area contributed by atoms with Gasteiger partial charge in [0.15, 0.2) is 0 Å². The molecule has 3 atom stereocenters. The molecule has 0 bridgehead atoms. The summed E-state index contributed by atoms with van der Waals surface area (Å²) in [6.07, 6.45) is 1.57. The van der Waals surface area contributed by atoms with Gasteiger partial charge in [0.2, 0.25) is 0 Å². The molecule has 0 N–H and O–H groups in total. The lowest BCUT2D eigenvalue weighted by atomic mass is 9.87. The number of hydrogen-bond donors (Lipinski definition) is 0. The van der Waals surface area contributed by atoms with E-state index in [1.54, 1.807) is 0 Å². The van der Waals surface area contributed by atoms with E-state index < -0.39 is 34.1 Å². The van der Waals surface area contributed by atoms with Gasteiger partial charge in [-0.1, -0.05) is 30.3 Å². The van der Waals surface area contributed by atoms with Gasteiger partial charge in [-0.3, -0.25) is 8.98 Å². The van der Waals surface area contributed by atoms with Crippen molar-refractivity contribution in [3.63, 3.8) is 0 Å². The molecule has 1 aromatic rings. The van der Waals surface area contributed by atoms with Crippen molar-refractivity contribution in [1.82, 2.24) is 0 Å². The van der Waals surface area contributed by atoms with Crippen LogP contribution in [0, 0.1) is 0 Å². The molecule has 0 radical (unpaired) electrons. The van der Waals surface area contributed by atoms with Crippen LogP contribution in [0.2, 0.25) is 0 Å². The summed E-state index contributed by atoms with van der Waals surface area (Å²) in [6, 6.07) is 9.13. The van der Waals surface area contributed by atoms with Crippen LogP contribution in [0.15, 0.2) is 30.3 Å². The molecular weight excluding hydrogens is 400 g/mol. The molecule has 0 spiro atoms. The Hall–Kier alpha value is -1.97. The molecule has 3 unspecified atom stereocenters. The fourth-order valence-corrected chi connectivity index (χ4v) is 3.61. The van der Waals surface area contributed by atoms with E-state index in [9.17, 15) is 18.0 Å². The maximum Gasteiger partial charge on any atom is 0.331 e. The van der Waals surface area contributed by atoms with Gasteiger partial charge in [0.25, 0.3) is 10.1 Å². The molecule has 0 aliphatic heterocycles. The summed E-state index contributed by atoms with van der Waals surface area (Å²) in [5.41, 5.74) is 0.793. The Kier molecular flexibility index (Phi) is 10.9. The summed E-state index contributed by atoms with van der Waals surface area (Å²) in [4.78, 5) is 23.1. The van der Waals surface area contributed by atoms with Gasteiger partial charge < -0.3 is 14.2 Å². The normalized spacial score (nSPS) is 14.6. The largest absolute Gasteiger partial charge is 0.469 e. The number of carbonyl (C=O) groups is 2. The maximum absolute atomic E-state index is 11.9. The van der Waals surface area contributed by atoms with E-state index in [4.69, 9.17) is 13.7 Å². The zero-order chi connectivity index (χ0) is 21.9. The van der Waals surface area contributed by atoms with Crippen LogP contribution in [0.4, 0.5) is 0 Å². The third-order valence-electron chi connectivity index (χ3n) is 4.40. The Morgan fingerprint density at radius 3 is 2.17 bits per heavy atom. The summed E-state index contributed by atoms with van der Waals surface area (Å²) >= 11 is 0. The Morgan fingerprint density at radius 2 is 1.62 bits per heavy atom. The SMILES string of the molecule is COC(=O)COC(C)CCCC(OS(C)(=O)=O)C(CC(=O)OC)c1ccccc1. The van der Waals surface area contributed by atoms with Gasteiger partial charge in [0.05, 0.1) is 39.1 Å². The fraction of sp³-hybridized carbons (Fsp3) is 0.600. The smallest absolute Gasteiger partial charge is 0.331 e. The number of methoxy groups -OCH3 is 2. The summed E-state index contributed by atoms with van der Waals surface area (Å²) in [7, 11) is -1.16. The molecular formula is C20H30O8S. The molecule has 0 heterocycles. The van der Waals surface area contributed by atoms with Gasteiger partial charge in [-0.2, -0.15) is 8.42 Å². The number of esters is 2. The van der Waals surface area contributed by atoms with Crippen molar-refractivity contribution in [2.75, 3.05) is 27.1 Å². The Morgan fingerprint density at radius 1 is 1.00 bits per heavy atom. The van der Waals surface area contributed by atoms with Crippen LogP contribution < -0.4 is 0 Å². The van der Waals surface area contributed by atoms with E-state index in [-0.39, 0.29) is 19.1 Å². The van der Waals surface area contributed by atoms with Gasteiger partial charge >= 0.3 is 11.9 Å². The molecule has 0 aliphatic carbocycles. The Labute approximate surface area is 172 Å². The standard InChI is InChI=1S/C20H30O8S/c1-15(27-14-20(22)26-3)9-8-12-18(28-29(4,23)24)17(13-19(21)25-2)16-10-6-5-7-11-16/h5-7,10-11,15,17-18H,8-9,12-14H2,1-4H3. The molecule has 0 saturated heterocycles. The predicted molar refractivity (Wildman–Crippen MR) is 107 cm³/mol. The van der Waals surface area contributed by atoms with Crippen molar-refractivity contribution in [3.05, 3.63) is 35.9 Å². The average molecular weight is 431 g/mol. The van der Waals surface area contributed by atoms with Crippen molar-refractivity contribution >= 4 is 22.1 Å². The molecule has 1 rings (SSSR count). The van der Waals surface area contributed by atoms with Crippen LogP contribution in [-0.2, 0) is 38.1 Å². The summed E-state index contributed by atoms with van der Waals surface area (Å²) in [5, 5.41) is 0. The molecule has 29 heavy (non-hydrogen) atoms. The van der Waals surface area contributed by atoms with E-state index in [0.717, 1.165) is 11.8 Å². The topological polar surface area (TPSA) is 105 Å². The average Bonchev–Trinajstić information content (AvgIpc) is 2.68. The molecule has 8 nitrogen and oxygen atoms in total. The van der Waals surface area contributed by atoms with Crippen molar-refractivity contribution < 1.29 is 36.4 Å². The van der Waals surface area contributed by atoms with Crippen LogP contribution in [-0.4, -0.2) is 59.6 Å². The van der Waals surface area contributed by atoms with E-state index in [0.29, 0.717) is 19.3 Å². The third-order valence-corrected chi connectivity index (χ3v) is 5.00. The molecule has 0 saturated carbocycles. The van der Waals surface area contributed by atoms with Crippen molar-refractivity contribution in [2.45, 2.75) is 50.7 Å². The number of hydrogen-bond acceptors (Lipinski definition) is 8. The molecule has 0 aromatic heterocycles. The second-order valence-corrected chi connectivity index (χ2v) is 8.37. The number of carbonyl (C=O) groups excluding carboxylic acids is 2. The molecule has 9 heteroatoms. The first-order valence-electron chi connectivity index (χ1n) is 9.34. The van der Waals surface area contributed by atoms with Crippen LogP contribution in [0.1, 0.15) is 44.1 Å². The monoisotopic (exact) mass is 430 g/mol. The lowest BCUT2D eigenvalue weighted by Crippen LogP contribution is -2.28. The molecule has 164 valence electrons. The molecule has 0 aliphatic rings. The highest BCUT2D eigenvalue weighted by Gasteiger charge is 2.29. The van der Waals surface area contributed by atoms with Gasteiger partial charge in [-0.25, -0.2) is 4.79 Å². The Balaban J connectivity index is 2.87. The maximum atomic E-state index is 11.9. The fourth-order valence-electron chi connectivity index (χ4n) is 2.93. The van der Waals surface area contributed by atoms with Crippen LogP contribution in [0.25, 0.3) is 0 Å². The first-order chi connectivity index (χ1) is 13.7. The van der Waals surface area contributed by atoms with Gasteiger partial charge in [0.1, 0.15) is 6.61 Å². The first-order valence-corrected chi connectivity index (χ1v) is 11.2. The molecule has 1 aromatic carbocycles. The molecule has 0 amide bonds. The minimum absolute atomic E-state index is 0.00487. The number of ether oxygens (including phenoxy) is 3. The highest BCUT2D eigenvalue weighted by Crippen LogP contribution is 2.30. The summed E-state index contributed by atoms with van der Waals surface area (Å²) < 4.78 is 43.7. The van der Waals surface area contributed by atoms with E-state index in [2.05, 4.69) is 4.74 Å². The van der Waals surface area contributed by atoms with E-state index >= 15 is 0 Å². The molecule has 0 fully saturated rings. The number of rotatable bonds is 13. The van der Waals surface area contributed by atoms with Crippen LogP contribution >= 0.6 is 0 Å². The van der Waals surface area contributed by atoms with E-state index in [1.807, 2.05) is 37.3 Å².